The molecule has 0 aliphatic rings. The molecule has 3 N–H and O–H groups in total. The molecule has 1 heterocycles. The maximum atomic E-state index is 12.2. The molecule has 152 valence electrons. The summed E-state index contributed by atoms with van der Waals surface area (Å²) in [6.07, 6.45) is 0. The Hall–Kier alpha value is -2.99. The molecule has 0 fully saturated rings. The molecule has 0 aliphatic heterocycles. The minimum Gasteiger partial charge on any atom is -0.444 e. The molecule has 0 bridgehead atoms. The van der Waals surface area contributed by atoms with E-state index in [4.69, 9.17) is 4.42 Å². The molecule has 2 aromatic rings. The SMILES string of the molecule is CN=C(NCCNS(=O)(=O)c1cccc([N+](=O)[O-])c1)NCc1nc(C)c(C)o1. The molecule has 0 atom stereocenters. The number of nitrogens with zero attached hydrogens (tertiary/aromatic N) is 3. The van der Waals surface area contributed by atoms with Gasteiger partial charge in [0, 0.05) is 32.3 Å². The van der Waals surface area contributed by atoms with E-state index in [9.17, 15) is 18.5 Å². The number of aromatic nitrogens is 1. The van der Waals surface area contributed by atoms with Crippen molar-refractivity contribution in [3.8, 4) is 0 Å². The van der Waals surface area contributed by atoms with Gasteiger partial charge in [-0.05, 0) is 19.9 Å². The zero-order valence-electron chi connectivity index (χ0n) is 15.7. The number of non-ortho nitro benzene ring substituents is 1. The van der Waals surface area contributed by atoms with Crippen molar-refractivity contribution in [3.63, 3.8) is 0 Å². The number of benzene rings is 1. The number of hydrogen-bond donors (Lipinski definition) is 3. The Labute approximate surface area is 162 Å². The highest BCUT2D eigenvalue weighted by Gasteiger charge is 2.17. The first-order valence-electron chi connectivity index (χ1n) is 8.34. The first-order valence-corrected chi connectivity index (χ1v) is 9.83. The summed E-state index contributed by atoms with van der Waals surface area (Å²) in [5.41, 5.74) is 0.526. The zero-order chi connectivity index (χ0) is 20.7. The number of sulfonamides is 1. The molecule has 1 aromatic carbocycles. The minimum absolute atomic E-state index is 0.0585. The maximum absolute atomic E-state index is 12.2. The second-order valence-electron chi connectivity index (χ2n) is 5.75. The topological polar surface area (TPSA) is 152 Å². The van der Waals surface area contributed by atoms with Crippen LogP contribution < -0.4 is 15.4 Å². The lowest BCUT2D eigenvalue weighted by atomic mass is 10.3. The monoisotopic (exact) mass is 410 g/mol. The van der Waals surface area contributed by atoms with Crippen LogP contribution in [0.5, 0.6) is 0 Å². The second-order valence-corrected chi connectivity index (χ2v) is 7.52. The quantitative estimate of drug-likeness (QED) is 0.190. The minimum atomic E-state index is -3.86. The van der Waals surface area contributed by atoms with Gasteiger partial charge >= 0.3 is 0 Å². The van der Waals surface area contributed by atoms with Gasteiger partial charge in [0.2, 0.25) is 15.9 Å². The van der Waals surface area contributed by atoms with E-state index in [1.807, 2.05) is 13.8 Å². The third kappa shape index (κ3) is 5.76. The summed E-state index contributed by atoms with van der Waals surface area (Å²) < 4.78 is 32.3. The number of rotatable bonds is 8. The average Bonchev–Trinajstić information content (AvgIpc) is 2.99. The van der Waals surface area contributed by atoms with E-state index in [2.05, 4.69) is 25.3 Å². The van der Waals surface area contributed by atoms with E-state index >= 15 is 0 Å². The Morgan fingerprint density at radius 3 is 2.64 bits per heavy atom. The van der Waals surface area contributed by atoms with E-state index in [-0.39, 0.29) is 23.7 Å². The van der Waals surface area contributed by atoms with Gasteiger partial charge < -0.3 is 15.1 Å². The van der Waals surface area contributed by atoms with Crippen LogP contribution in [0.15, 0.2) is 38.6 Å². The van der Waals surface area contributed by atoms with Crippen molar-refractivity contribution < 1.29 is 17.8 Å². The van der Waals surface area contributed by atoms with E-state index in [1.54, 1.807) is 7.05 Å². The third-order valence-corrected chi connectivity index (χ3v) is 5.21. The number of aryl methyl sites for hydroxylation is 2. The normalized spacial score (nSPS) is 12.0. The molecule has 12 heteroatoms. The van der Waals surface area contributed by atoms with Gasteiger partial charge in [0.05, 0.1) is 22.1 Å². The fraction of sp³-hybridized carbons (Fsp3) is 0.375. The number of hydrogen-bond acceptors (Lipinski definition) is 7. The van der Waals surface area contributed by atoms with Crippen LogP contribution in [0.2, 0.25) is 0 Å². The van der Waals surface area contributed by atoms with Gasteiger partial charge in [-0.1, -0.05) is 6.07 Å². The van der Waals surface area contributed by atoms with Crippen LogP contribution >= 0.6 is 0 Å². The van der Waals surface area contributed by atoms with Gasteiger partial charge in [-0.2, -0.15) is 0 Å². The van der Waals surface area contributed by atoms with Gasteiger partial charge in [0.25, 0.3) is 5.69 Å². The molecule has 0 saturated heterocycles. The van der Waals surface area contributed by atoms with Crippen molar-refractivity contribution in [3.05, 3.63) is 51.7 Å². The van der Waals surface area contributed by atoms with E-state index in [0.717, 1.165) is 17.5 Å². The summed E-state index contributed by atoms with van der Waals surface area (Å²) in [7, 11) is -2.28. The van der Waals surface area contributed by atoms with Crippen LogP contribution in [0.3, 0.4) is 0 Å². The molecule has 0 amide bonds. The molecule has 1 aromatic heterocycles. The molecule has 0 unspecified atom stereocenters. The summed E-state index contributed by atoms with van der Waals surface area (Å²) in [5, 5.41) is 16.7. The first kappa shape index (κ1) is 21.3. The van der Waals surface area contributed by atoms with Gasteiger partial charge in [-0.3, -0.25) is 15.1 Å². The van der Waals surface area contributed by atoms with Crippen LogP contribution in [0, 0.1) is 24.0 Å². The molecule has 11 nitrogen and oxygen atoms in total. The summed E-state index contributed by atoms with van der Waals surface area (Å²) >= 11 is 0. The highest BCUT2D eigenvalue weighted by Crippen LogP contribution is 2.16. The van der Waals surface area contributed by atoms with Crippen LogP contribution in [-0.2, 0) is 16.6 Å². The molecule has 2 rings (SSSR count). The van der Waals surface area contributed by atoms with Gasteiger partial charge in [-0.15, -0.1) is 0 Å². The predicted octanol–water partition coefficient (Wildman–Crippen LogP) is 0.843. The van der Waals surface area contributed by atoms with Gasteiger partial charge in [-0.25, -0.2) is 18.1 Å². The largest absolute Gasteiger partial charge is 0.444 e. The number of nitro benzene ring substituents is 1. The molecular weight excluding hydrogens is 388 g/mol. The fourth-order valence-corrected chi connectivity index (χ4v) is 3.28. The molecule has 0 radical (unpaired) electrons. The molecule has 28 heavy (non-hydrogen) atoms. The van der Waals surface area contributed by atoms with Crippen LogP contribution in [0.4, 0.5) is 5.69 Å². The third-order valence-electron chi connectivity index (χ3n) is 3.75. The van der Waals surface area contributed by atoms with Crippen molar-refractivity contribution in [2.24, 2.45) is 4.99 Å². The van der Waals surface area contributed by atoms with Crippen LogP contribution in [0.1, 0.15) is 17.3 Å². The summed E-state index contributed by atoms with van der Waals surface area (Å²) in [5.74, 6) is 1.71. The lowest BCUT2D eigenvalue weighted by Crippen LogP contribution is -2.41. The summed E-state index contributed by atoms with van der Waals surface area (Å²) in [6.45, 7) is 4.31. The van der Waals surface area contributed by atoms with Crippen LogP contribution in [-0.4, -0.2) is 44.4 Å². The van der Waals surface area contributed by atoms with Crippen LogP contribution in [0.25, 0.3) is 0 Å². The van der Waals surface area contributed by atoms with E-state index in [0.29, 0.717) is 18.4 Å². The predicted molar refractivity (Wildman–Crippen MR) is 102 cm³/mol. The maximum Gasteiger partial charge on any atom is 0.270 e. The highest BCUT2D eigenvalue weighted by atomic mass is 32.2. The Morgan fingerprint density at radius 2 is 2.04 bits per heavy atom. The Balaban J connectivity index is 1.83. The standard InChI is InChI=1S/C16H22N6O5S/c1-11-12(2)27-15(21-11)10-19-16(17-3)18-7-8-20-28(25,26)14-6-4-5-13(9-14)22(23)24/h4-6,9,20H,7-8,10H2,1-3H3,(H2,17,18,19). The van der Waals surface area contributed by atoms with Gasteiger partial charge in [0.1, 0.15) is 5.76 Å². The molecule has 0 aliphatic carbocycles. The van der Waals surface area contributed by atoms with Crippen molar-refractivity contribution in [1.29, 1.82) is 0 Å². The fourth-order valence-electron chi connectivity index (χ4n) is 2.21. The second kappa shape index (κ2) is 9.28. The molecular formula is C16H22N6O5S. The molecule has 0 spiro atoms. The first-order chi connectivity index (χ1) is 13.2. The number of nitro groups is 1. The van der Waals surface area contributed by atoms with Crippen molar-refractivity contribution in [2.75, 3.05) is 20.1 Å². The summed E-state index contributed by atoms with van der Waals surface area (Å²) in [4.78, 5) is 18.2. The summed E-state index contributed by atoms with van der Waals surface area (Å²) in [6, 6.07) is 4.86. The number of guanidine groups is 1. The van der Waals surface area contributed by atoms with Gasteiger partial charge in [0.15, 0.2) is 5.96 Å². The number of oxazole rings is 1. The Kier molecular flexibility index (Phi) is 7.06. The number of nitrogens with one attached hydrogen (secondary N) is 3. The number of aliphatic imine (C=N–C) groups is 1. The highest BCUT2D eigenvalue weighted by molar-refractivity contribution is 7.89. The zero-order valence-corrected chi connectivity index (χ0v) is 16.5. The molecule has 0 saturated carbocycles. The smallest absolute Gasteiger partial charge is 0.270 e. The van der Waals surface area contributed by atoms with Crippen molar-refractivity contribution >= 4 is 21.7 Å². The van der Waals surface area contributed by atoms with Crippen molar-refractivity contribution in [1.82, 2.24) is 20.3 Å². The Bertz CT molecular complexity index is 950. The lowest BCUT2D eigenvalue weighted by molar-refractivity contribution is -0.385. The van der Waals surface area contributed by atoms with Crippen molar-refractivity contribution in [2.45, 2.75) is 25.3 Å². The van der Waals surface area contributed by atoms with E-state index < -0.39 is 14.9 Å². The van der Waals surface area contributed by atoms with E-state index in [1.165, 1.54) is 18.2 Å². The Morgan fingerprint density at radius 1 is 1.29 bits per heavy atom. The lowest BCUT2D eigenvalue weighted by Gasteiger charge is -2.11. The average molecular weight is 410 g/mol.